The fourth-order valence-corrected chi connectivity index (χ4v) is 4.24. The maximum absolute atomic E-state index is 13.8. The molecule has 20 heavy (non-hydrogen) atoms. The highest BCUT2D eigenvalue weighted by atomic mass is 19.2. The van der Waals surface area contributed by atoms with Gasteiger partial charge in [-0.25, -0.2) is 13.2 Å². The number of anilines is 1. The van der Waals surface area contributed by atoms with Gasteiger partial charge in [0.15, 0.2) is 11.6 Å². The Morgan fingerprint density at radius 1 is 1.05 bits per heavy atom. The Balaban J connectivity index is 1.89. The van der Waals surface area contributed by atoms with Crippen LogP contribution in [-0.4, -0.2) is 6.04 Å². The molecule has 4 heteroatoms. The van der Waals surface area contributed by atoms with E-state index in [1.54, 1.807) is 0 Å². The molecule has 3 atom stereocenters. The highest BCUT2D eigenvalue weighted by Crippen LogP contribution is 2.65. The molecular weight excluding hydrogens is 263 g/mol. The minimum atomic E-state index is -1.15. The van der Waals surface area contributed by atoms with E-state index in [1.165, 1.54) is 6.42 Å². The Hall–Kier alpha value is -1.19. The van der Waals surface area contributed by atoms with Gasteiger partial charge >= 0.3 is 0 Å². The minimum Gasteiger partial charge on any atom is -0.379 e. The van der Waals surface area contributed by atoms with Gasteiger partial charge < -0.3 is 5.32 Å². The summed E-state index contributed by atoms with van der Waals surface area (Å²) in [5.41, 5.74) is 0.327. The molecule has 2 fully saturated rings. The van der Waals surface area contributed by atoms with Crippen LogP contribution in [0.4, 0.5) is 18.9 Å². The van der Waals surface area contributed by atoms with Crippen LogP contribution in [0.25, 0.3) is 0 Å². The van der Waals surface area contributed by atoms with Crippen molar-refractivity contribution in [2.75, 3.05) is 5.32 Å². The zero-order chi connectivity index (χ0) is 14.7. The molecule has 3 rings (SSSR count). The van der Waals surface area contributed by atoms with Crippen molar-refractivity contribution in [1.82, 2.24) is 0 Å². The highest BCUT2D eigenvalue weighted by molar-refractivity contribution is 5.47. The maximum atomic E-state index is 13.8. The van der Waals surface area contributed by atoms with Gasteiger partial charge in [0.05, 0.1) is 5.69 Å². The van der Waals surface area contributed by atoms with Gasteiger partial charge in [0.25, 0.3) is 0 Å². The Labute approximate surface area is 117 Å². The van der Waals surface area contributed by atoms with Crippen molar-refractivity contribution in [1.29, 1.82) is 0 Å². The average molecular weight is 283 g/mol. The second-order valence-corrected chi connectivity index (χ2v) is 7.05. The number of rotatable bonds is 2. The van der Waals surface area contributed by atoms with E-state index < -0.39 is 17.5 Å². The Bertz CT molecular complexity index is 555. The molecule has 110 valence electrons. The summed E-state index contributed by atoms with van der Waals surface area (Å²) in [7, 11) is 0. The molecule has 1 N–H and O–H groups in total. The molecule has 0 spiro atoms. The molecule has 2 aliphatic rings. The fourth-order valence-electron chi connectivity index (χ4n) is 4.24. The van der Waals surface area contributed by atoms with Crippen molar-refractivity contribution in [3.63, 3.8) is 0 Å². The lowest BCUT2D eigenvalue weighted by Crippen LogP contribution is -2.40. The van der Waals surface area contributed by atoms with Crippen molar-refractivity contribution in [3.8, 4) is 0 Å². The van der Waals surface area contributed by atoms with Crippen LogP contribution in [0, 0.1) is 34.2 Å². The second kappa shape index (κ2) is 4.15. The van der Waals surface area contributed by atoms with E-state index in [4.69, 9.17) is 0 Å². The zero-order valence-electron chi connectivity index (χ0n) is 12.1. The van der Waals surface area contributed by atoms with Crippen molar-refractivity contribution in [3.05, 3.63) is 29.6 Å². The number of halogens is 3. The predicted molar refractivity (Wildman–Crippen MR) is 73.0 cm³/mol. The fraction of sp³-hybridized carbons (Fsp3) is 0.625. The van der Waals surface area contributed by atoms with Gasteiger partial charge in [0.2, 0.25) is 0 Å². The SMILES string of the molecule is CC1(C)C2CCC1(C)C(Nc1cc(F)c(F)cc1F)C2. The summed E-state index contributed by atoms with van der Waals surface area (Å²) >= 11 is 0. The van der Waals surface area contributed by atoms with Gasteiger partial charge in [-0.05, 0) is 36.0 Å². The maximum Gasteiger partial charge on any atom is 0.161 e. The van der Waals surface area contributed by atoms with Gasteiger partial charge in [0.1, 0.15) is 5.82 Å². The summed E-state index contributed by atoms with van der Waals surface area (Å²) in [4.78, 5) is 0. The quantitative estimate of drug-likeness (QED) is 0.774. The minimum absolute atomic E-state index is 0.0645. The van der Waals surface area contributed by atoms with Crippen LogP contribution in [0.3, 0.4) is 0 Å². The average Bonchev–Trinajstić information content (AvgIpc) is 2.69. The van der Waals surface area contributed by atoms with Crippen LogP contribution in [0.2, 0.25) is 0 Å². The van der Waals surface area contributed by atoms with E-state index in [9.17, 15) is 13.2 Å². The smallest absolute Gasteiger partial charge is 0.161 e. The molecule has 2 aliphatic carbocycles. The van der Waals surface area contributed by atoms with Crippen LogP contribution in [0.5, 0.6) is 0 Å². The number of hydrogen-bond donors (Lipinski definition) is 1. The van der Waals surface area contributed by atoms with E-state index in [0.717, 1.165) is 18.9 Å². The van der Waals surface area contributed by atoms with E-state index >= 15 is 0 Å². The standard InChI is InChI=1S/C16H20F3N/c1-15(2)9-4-5-16(15,3)14(6-9)20-13-8-11(18)10(17)7-12(13)19/h7-9,14,20H,4-6H2,1-3H3. The van der Waals surface area contributed by atoms with E-state index in [2.05, 4.69) is 26.1 Å². The summed E-state index contributed by atoms with van der Waals surface area (Å²) in [6.07, 6.45) is 3.25. The molecule has 0 amide bonds. The lowest BCUT2D eigenvalue weighted by Gasteiger charge is -2.40. The van der Waals surface area contributed by atoms with E-state index in [0.29, 0.717) is 12.0 Å². The highest BCUT2D eigenvalue weighted by Gasteiger charge is 2.61. The van der Waals surface area contributed by atoms with Gasteiger partial charge in [-0.15, -0.1) is 0 Å². The van der Waals surface area contributed by atoms with Crippen LogP contribution in [-0.2, 0) is 0 Å². The molecule has 2 saturated carbocycles. The van der Waals surface area contributed by atoms with Crippen molar-refractivity contribution in [2.45, 2.75) is 46.1 Å². The molecule has 0 radical (unpaired) electrons. The normalized spacial score (nSPS) is 34.5. The van der Waals surface area contributed by atoms with Gasteiger partial charge in [-0.1, -0.05) is 20.8 Å². The third-order valence-corrected chi connectivity index (χ3v) is 6.13. The Morgan fingerprint density at radius 3 is 2.25 bits per heavy atom. The zero-order valence-corrected chi connectivity index (χ0v) is 12.1. The second-order valence-electron chi connectivity index (χ2n) is 7.05. The van der Waals surface area contributed by atoms with Crippen molar-refractivity contribution >= 4 is 5.69 Å². The lowest BCUT2D eigenvalue weighted by molar-refractivity contribution is 0.142. The molecular formula is C16H20F3N. The first-order valence-corrected chi connectivity index (χ1v) is 7.17. The van der Waals surface area contributed by atoms with Crippen molar-refractivity contribution in [2.24, 2.45) is 16.7 Å². The number of benzene rings is 1. The molecule has 3 unspecified atom stereocenters. The van der Waals surface area contributed by atoms with Gasteiger partial charge in [0, 0.05) is 18.2 Å². The molecule has 0 aliphatic heterocycles. The summed E-state index contributed by atoms with van der Waals surface area (Å²) in [6.45, 7) is 6.73. The first-order chi connectivity index (χ1) is 9.25. The first-order valence-electron chi connectivity index (χ1n) is 7.17. The molecule has 1 aromatic rings. The first kappa shape index (κ1) is 13.8. The third kappa shape index (κ3) is 1.69. The van der Waals surface area contributed by atoms with Crippen LogP contribution < -0.4 is 5.32 Å². The van der Waals surface area contributed by atoms with Crippen LogP contribution in [0.15, 0.2) is 12.1 Å². The number of hydrogen-bond acceptors (Lipinski definition) is 1. The molecule has 1 aromatic carbocycles. The summed E-state index contributed by atoms with van der Waals surface area (Å²) in [5.74, 6) is -2.28. The van der Waals surface area contributed by atoms with Crippen molar-refractivity contribution < 1.29 is 13.2 Å². The van der Waals surface area contributed by atoms with E-state index in [-0.39, 0.29) is 22.6 Å². The third-order valence-electron chi connectivity index (χ3n) is 6.13. The molecule has 0 heterocycles. The van der Waals surface area contributed by atoms with E-state index in [1.807, 2.05) is 0 Å². The van der Waals surface area contributed by atoms with Crippen LogP contribution >= 0.6 is 0 Å². The van der Waals surface area contributed by atoms with Crippen LogP contribution in [0.1, 0.15) is 40.0 Å². The molecule has 2 bridgehead atoms. The number of nitrogens with one attached hydrogen (secondary N) is 1. The molecule has 1 nitrogen and oxygen atoms in total. The summed E-state index contributed by atoms with van der Waals surface area (Å²) in [5, 5.41) is 3.12. The summed E-state index contributed by atoms with van der Waals surface area (Å²) < 4.78 is 40.0. The van der Waals surface area contributed by atoms with Gasteiger partial charge in [-0.3, -0.25) is 0 Å². The molecule has 0 aromatic heterocycles. The largest absolute Gasteiger partial charge is 0.379 e. The Kier molecular flexibility index (Phi) is 2.86. The summed E-state index contributed by atoms with van der Waals surface area (Å²) in [6, 6.07) is 1.64. The monoisotopic (exact) mass is 283 g/mol. The topological polar surface area (TPSA) is 12.0 Å². The number of fused-ring (bicyclic) bond motifs is 2. The van der Waals surface area contributed by atoms with Gasteiger partial charge in [-0.2, -0.15) is 0 Å². The molecule has 0 saturated heterocycles. The predicted octanol–water partition coefficient (Wildman–Crippen LogP) is 4.73. The Morgan fingerprint density at radius 2 is 1.70 bits per heavy atom. The lowest BCUT2D eigenvalue weighted by atomic mass is 9.69.